The highest BCUT2D eigenvalue weighted by Gasteiger charge is 2.05. The summed E-state index contributed by atoms with van der Waals surface area (Å²) in [4.78, 5) is 0.788. The van der Waals surface area contributed by atoms with E-state index in [1.54, 1.807) is 6.07 Å². The molecule has 0 aromatic heterocycles. The highest BCUT2D eigenvalue weighted by molar-refractivity contribution is 7.80. The van der Waals surface area contributed by atoms with Gasteiger partial charge in [-0.05, 0) is 43.0 Å². The highest BCUT2D eigenvalue weighted by Crippen LogP contribution is 2.14. The number of benzene rings is 1. The predicted molar refractivity (Wildman–Crippen MR) is 59.2 cm³/mol. The third-order valence-corrected chi connectivity index (χ3v) is 2.47. The molecule has 0 aliphatic rings. The maximum absolute atomic E-state index is 12.8. The number of hydrogen-bond donors (Lipinski definition) is 1. The molecule has 0 atom stereocenters. The van der Waals surface area contributed by atoms with Crippen LogP contribution in [0, 0.1) is 12.7 Å². The number of hydrogen-bond acceptors (Lipinski definition) is 2. The summed E-state index contributed by atoms with van der Waals surface area (Å²) in [5.74, 6) is -0.240. The van der Waals surface area contributed by atoms with Crippen molar-refractivity contribution in [3.05, 3.63) is 35.1 Å². The van der Waals surface area contributed by atoms with Gasteiger partial charge in [0.05, 0.1) is 0 Å². The first-order valence-corrected chi connectivity index (χ1v) is 4.96. The lowest BCUT2D eigenvalue weighted by molar-refractivity contribution is 0.291. The second-order valence-electron chi connectivity index (χ2n) is 3.21. The summed E-state index contributed by atoms with van der Waals surface area (Å²) in [6, 6.07) is 4.58. The molecule has 0 radical (unpaired) electrons. The molecule has 1 nitrogen and oxygen atoms in total. The van der Waals surface area contributed by atoms with Crippen molar-refractivity contribution < 1.29 is 9.50 Å². The lowest BCUT2D eigenvalue weighted by atomic mass is 10.0. The third-order valence-electron chi connectivity index (χ3n) is 2.05. The summed E-state index contributed by atoms with van der Waals surface area (Å²) in [5, 5.41) is 8.66. The Hall–Kier alpha value is -0.800. The van der Waals surface area contributed by atoms with Crippen molar-refractivity contribution in [1.29, 1.82) is 0 Å². The largest absolute Gasteiger partial charge is 0.396 e. The number of rotatable bonds is 4. The highest BCUT2D eigenvalue weighted by atomic mass is 32.1. The molecule has 0 aliphatic heterocycles. The van der Waals surface area contributed by atoms with E-state index in [9.17, 15) is 4.39 Å². The number of aliphatic hydroxyl groups excluding tert-OH is 1. The molecule has 0 bridgehead atoms. The Labute approximate surface area is 88.6 Å². The van der Waals surface area contributed by atoms with Gasteiger partial charge in [-0.3, -0.25) is 0 Å². The van der Waals surface area contributed by atoms with Gasteiger partial charge in [0.2, 0.25) is 0 Å². The lowest BCUT2D eigenvalue weighted by Gasteiger charge is -2.06. The fourth-order valence-corrected chi connectivity index (χ4v) is 1.69. The molecule has 0 amide bonds. The molecular formula is C11H13FOS. The van der Waals surface area contributed by atoms with Crippen LogP contribution in [-0.2, 0) is 0 Å². The monoisotopic (exact) mass is 212 g/mol. The van der Waals surface area contributed by atoms with Crippen molar-refractivity contribution >= 4 is 17.1 Å². The molecule has 0 saturated carbocycles. The third kappa shape index (κ3) is 2.86. The van der Waals surface area contributed by atoms with Gasteiger partial charge < -0.3 is 5.11 Å². The van der Waals surface area contributed by atoms with Crippen LogP contribution in [0.2, 0.25) is 0 Å². The average Bonchev–Trinajstić information content (AvgIpc) is 2.14. The first-order chi connectivity index (χ1) is 6.65. The smallest absolute Gasteiger partial charge is 0.123 e. The van der Waals surface area contributed by atoms with Crippen molar-refractivity contribution in [2.45, 2.75) is 19.8 Å². The normalized spacial score (nSPS) is 10.2. The number of thiocarbonyl (C=S) groups is 1. The van der Waals surface area contributed by atoms with Gasteiger partial charge in [-0.15, -0.1) is 0 Å². The van der Waals surface area contributed by atoms with E-state index in [1.807, 2.05) is 6.92 Å². The summed E-state index contributed by atoms with van der Waals surface area (Å²) in [7, 11) is 0. The number of halogens is 1. The maximum Gasteiger partial charge on any atom is 0.123 e. The summed E-state index contributed by atoms with van der Waals surface area (Å²) in [5.41, 5.74) is 1.77. The fraction of sp³-hybridized carbons (Fsp3) is 0.364. The van der Waals surface area contributed by atoms with E-state index in [-0.39, 0.29) is 12.4 Å². The van der Waals surface area contributed by atoms with E-state index < -0.39 is 0 Å². The topological polar surface area (TPSA) is 20.2 Å². The van der Waals surface area contributed by atoms with Crippen molar-refractivity contribution in [2.24, 2.45) is 0 Å². The van der Waals surface area contributed by atoms with Crippen molar-refractivity contribution in [1.82, 2.24) is 0 Å². The van der Waals surface area contributed by atoms with E-state index in [4.69, 9.17) is 17.3 Å². The zero-order valence-corrected chi connectivity index (χ0v) is 8.90. The molecular weight excluding hydrogens is 199 g/mol. The molecule has 1 N–H and O–H groups in total. The minimum atomic E-state index is -0.240. The Bertz CT molecular complexity index is 336. The van der Waals surface area contributed by atoms with E-state index >= 15 is 0 Å². The summed E-state index contributed by atoms with van der Waals surface area (Å²) in [6.45, 7) is 1.98. The van der Waals surface area contributed by atoms with Gasteiger partial charge in [0.15, 0.2) is 0 Å². The summed E-state index contributed by atoms with van der Waals surface area (Å²) in [6.07, 6.45) is 1.34. The molecule has 0 aliphatic carbocycles. The van der Waals surface area contributed by atoms with Crippen LogP contribution in [0.1, 0.15) is 24.0 Å². The predicted octanol–water partition coefficient (Wildman–Crippen LogP) is 2.62. The Morgan fingerprint density at radius 2 is 2.21 bits per heavy atom. The molecule has 3 heteroatoms. The molecule has 1 rings (SSSR count). The number of aryl methyl sites for hydroxylation is 1. The fourth-order valence-electron chi connectivity index (χ4n) is 1.31. The number of aliphatic hydroxyl groups is 1. The van der Waals surface area contributed by atoms with Crippen molar-refractivity contribution in [3.63, 3.8) is 0 Å². The van der Waals surface area contributed by atoms with E-state index in [0.29, 0.717) is 12.8 Å². The van der Waals surface area contributed by atoms with Crippen LogP contribution in [0.25, 0.3) is 0 Å². The lowest BCUT2D eigenvalue weighted by Crippen LogP contribution is -2.01. The van der Waals surface area contributed by atoms with Gasteiger partial charge in [0.1, 0.15) is 5.82 Å². The maximum atomic E-state index is 12.8. The van der Waals surface area contributed by atoms with Gasteiger partial charge in [-0.2, -0.15) is 0 Å². The molecule has 0 spiro atoms. The molecule has 0 heterocycles. The average molecular weight is 212 g/mol. The second-order valence-corrected chi connectivity index (χ2v) is 3.70. The molecule has 0 saturated heterocycles. The van der Waals surface area contributed by atoms with Crippen LogP contribution < -0.4 is 0 Å². The van der Waals surface area contributed by atoms with Crippen LogP contribution in [0.15, 0.2) is 18.2 Å². The van der Waals surface area contributed by atoms with Crippen LogP contribution in [0.5, 0.6) is 0 Å². The van der Waals surface area contributed by atoms with Gasteiger partial charge in [-0.25, -0.2) is 4.39 Å². The van der Waals surface area contributed by atoms with Gasteiger partial charge in [-0.1, -0.05) is 18.3 Å². The van der Waals surface area contributed by atoms with Crippen LogP contribution in [0.3, 0.4) is 0 Å². The SMILES string of the molecule is Cc1cc(F)ccc1C(=S)CCCO. The van der Waals surface area contributed by atoms with Crippen LogP contribution in [0.4, 0.5) is 4.39 Å². The first kappa shape index (κ1) is 11.3. The first-order valence-electron chi connectivity index (χ1n) is 4.55. The summed E-state index contributed by atoms with van der Waals surface area (Å²) < 4.78 is 12.8. The van der Waals surface area contributed by atoms with Crippen LogP contribution in [-0.4, -0.2) is 16.6 Å². The Kier molecular flexibility index (Phi) is 4.17. The second kappa shape index (κ2) is 5.17. The minimum absolute atomic E-state index is 0.139. The van der Waals surface area contributed by atoms with Crippen LogP contribution >= 0.6 is 12.2 Å². The molecule has 76 valence electrons. The van der Waals surface area contributed by atoms with Crippen molar-refractivity contribution in [2.75, 3.05) is 6.61 Å². The van der Waals surface area contributed by atoms with Gasteiger partial charge >= 0.3 is 0 Å². The standard InChI is InChI=1S/C11H13FOS/c1-8-7-9(12)4-5-10(8)11(14)3-2-6-13/h4-5,7,13H,2-3,6H2,1H3. The van der Waals surface area contributed by atoms with Gasteiger partial charge in [0, 0.05) is 11.5 Å². The quantitative estimate of drug-likeness (QED) is 0.611. The Morgan fingerprint density at radius 1 is 1.50 bits per heavy atom. The molecule has 1 aromatic rings. The van der Waals surface area contributed by atoms with Crippen molar-refractivity contribution in [3.8, 4) is 0 Å². The Balaban J connectivity index is 2.80. The molecule has 14 heavy (non-hydrogen) atoms. The zero-order chi connectivity index (χ0) is 10.6. The zero-order valence-electron chi connectivity index (χ0n) is 8.09. The molecule has 1 aromatic carbocycles. The van der Waals surface area contributed by atoms with E-state index in [2.05, 4.69) is 0 Å². The molecule has 0 fully saturated rings. The summed E-state index contributed by atoms with van der Waals surface area (Å²) >= 11 is 5.18. The van der Waals surface area contributed by atoms with Gasteiger partial charge in [0.25, 0.3) is 0 Å². The van der Waals surface area contributed by atoms with E-state index in [0.717, 1.165) is 16.0 Å². The Morgan fingerprint density at radius 3 is 2.79 bits per heavy atom. The van der Waals surface area contributed by atoms with E-state index in [1.165, 1.54) is 12.1 Å². The minimum Gasteiger partial charge on any atom is -0.396 e. The molecule has 0 unspecified atom stereocenters.